The lowest BCUT2D eigenvalue weighted by Crippen LogP contribution is -1.66. The molecule has 0 aliphatic rings. The van der Waals surface area contributed by atoms with E-state index in [-0.39, 0.29) is 0 Å². The molecule has 0 rings (SSSR count). The van der Waals surface area contributed by atoms with Crippen LogP contribution in [-0.4, -0.2) is 35.7 Å². The molecule has 8 heavy (non-hydrogen) atoms. The Labute approximate surface area is 53.0 Å². The first-order valence-corrected chi connectivity index (χ1v) is 4.80. The van der Waals surface area contributed by atoms with E-state index in [2.05, 4.69) is 4.12 Å². The highest BCUT2D eigenvalue weighted by Gasteiger charge is 2.00. The Balaban J connectivity index is 0. The second-order valence-electron chi connectivity index (χ2n) is 0.922. The Kier molecular flexibility index (Phi) is 7.98. The smallest absolute Gasteiger partial charge is 0.466 e. The largest absolute Gasteiger partial charge is 0.471 e. The van der Waals surface area contributed by atoms with Crippen molar-refractivity contribution in [2.75, 3.05) is 0 Å². The molecule has 0 amide bonds. The van der Waals surface area contributed by atoms with Gasteiger partial charge in [-0.2, -0.15) is 0 Å². The van der Waals surface area contributed by atoms with Gasteiger partial charge in [-0.3, -0.25) is 0 Å². The van der Waals surface area contributed by atoms with Crippen LogP contribution in [0.1, 0.15) is 0 Å². The normalized spacial score (nSPS) is 10.4. The number of hydrogen-bond acceptors (Lipinski definition) is 2. The maximum Gasteiger partial charge on any atom is 0.466 e. The van der Waals surface area contributed by atoms with Gasteiger partial charge in [0, 0.05) is 0 Å². The molecule has 0 radical (unpaired) electrons. The zero-order chi connectivity index (χ0) is 7.21. The molecule has 0 spiro atoms. The van der Waals surface area contributed by atoms with Gasteiger partial charge in [-0.05, 0) is 0 Å². The van der Waals surface area contributed by atoms with Gasteiger partial charge >= 0.3 is 7.82 Å². The Hall–Kier alpha value is 0.504. The molecule has 0 saturated carbocycles. The van der Waals surface area contributed by atoms with Crippen LogP contribution in [0.2, 0.25) is 0 Å². The molecule has 0 aromatic rings. The van der Waals surface area contributed by atoms with Crippen LogP contribution >= 0.6 is 7.82 Å². The molecular weight excluding hydrogens is 167 g/mol. The first-order chi connectivity index (χ1) is 3.41. The molecule has 0 saturated heterocycles. The van der Waals surface area contributed by atoms with Gasteiger partial charge in [0.05, 0.1) is 0 Å². The number of phosphoric acid groups is 1. The minimum absolute atomic E-state index is 0.931. The summed E-state index contributed by atoms with van der Waals surface area (Å²) in [5, 5.41) is 0. The van der Waals surface area contributed by atoms with Crippen molar-refractivity contribution < 1.29 is 23.4 Å². The van der Waals surface area contributed by atoms with E-state index in [1.807, 2.05) is 0 Å². The van der Waals surface area contributed by atoms with Gasteiger partial charge in [0.1, 0.15) is 21.0 Å². The molecule has 0 fully saturated rings. The van der Waals surface area contributed by atoms with E-state index < -0.39 is 7.82 Å². The summed E-state index contributed by atoms with van der Waals surface area (Å²) < 4.78 is 13.4. The topological polar surface area (TPSA) is 87.0 Å². The molecular formula is H9O5PSi2. The molecule has 0 aromatic heterocycles. The molecule has 5 nitrogen and oxygen atoms in total. The lowest BCUT2D eigenvalue weighted by atomic mass is 15.8. The van der Waals surface area contributed by atoms with Crippen LogP contribution in [0.4, 0.5) is 0 Å². The number of hydrogen-bond donors (Lipinski definition) is 3. The molecule has 52 valence electrons. The fourth-order valence-electron chi connectivity index (χ4n) is 0. The third kappa shape index (κ3) is 776. The van der Waals surface area contributed by atoms with Gasteiger partial charge < -0.3 is 18.8 Å². The summed E-state index contributed by atoms with van der Waals surface area (Å²) in [6.07, 6.45) is 0. The van der Waals surface area contributed by atoms with Crippen molar-refractivity contribution in [3.05, 3.63) is 0 Å². The summed E-state index contributed by atoms with van der Waals surface area (Å²) in [4.78, 5) is 21.6. The van der Waals surface area contributed by atoms with E-state index in [0.29, 0.717) is 0 Å². The second kappa shape index (κ2) is 5.64. The molecule has 0 aromatic carbocycles. The maximum atomic E-state index is 8.88. The summed E-state index contributed by atoms with van der Waals surface area (Å²) in [6, 6.07) is 0. The van der Waals surface area contributed by atoms with Crippen LogP contribution in [0.15, 0.2) is 0 Å². The van der Waals surface area contributed by atoms with Crippen LogP contribution in [0, 0.1) is 0 Å². The first kappa shape index (κ1) is 11.3. The van der Waals surface area contributed by atoms with Gasteiger partial charge in [0.2, 0.25) is 0 Å². The van der Waals surface area contributed by atoms with E-state index in [9.17, 15) is 0 Å². The van der Waals surface area contributed by atoms with Crippen LogP contribution < -0.4 is 0 Å². The minimum Gasteiger partial charge on any atom is -0.471 e. The van der Waals surface area contributed by atoms with Crippen molar-refractivity contribution in [2.24, 2.45) is 0 Å². The molecule has 0 bridgehead atoms. The van der Waals surface area contributed by atoms with Gasteiger partial charge in [-0.15, -0.1) is 0 Å². The SMILES string of the molecule is O=P(O)(O)O.[SiH3]O[SiH3]. The van der Waals surface area contributed by atoms with Gasteiger partial charge in [-0.25, -0.2) is 4.57 Å². The summed E-state index contributed by atoms with van der Waals surface area (Å²) in [7, 11) is -2.78. The Morgan fingerprint density at radius 3 is 1.25 bits per heavy atom. The second-order valence-corrected chi connectivity index (χ2v) is 5.21. The van der Waals surface area contributed by atoms with E-state index in [0.717, 1.165) is 21.0 Å². The molecule has 3 N–H and O–H groups in total. The van der Waals surface area contributed by atoms with Crippen molar-refractivity contribution in [1.82, 2.24) is 0 Å². The quantitative estimate of drug-likeness (QED) is 0.265. The maximum absolute atomic E-state index is 8.88. The van der Waals surface area contributed by atoms with Crippen molar-refractivity contribution in [3.63, 3.8) is 0 Å². The average molecular weight is 176 g/mol. The summed E-state index contributed by atoms with van der Waals surface area (Å²) in [5.74, 6) is 0. The average Bonchev–Trinajstić information content (AvgIpc) is 1.27. The third-order valence-electron chi connectivity index (χ3n) is 0. The highest BCUT2D eigenvalue weighted by molar-refractivity contribution is 7.45. The molecule has 0 atom stereocenters. The Morgan fingerprint density at radius 2 is 1.25 bits per heavy atom. The van der Waals surface area contributed by atoms with Crippen LogP contribution in [0.3, 0.4) is 0 Å². The minimum atomic E-state index is -4.64. The van der Waals surface area contributed by atoms with Crippen molar-refractivity contribution in [1.29, 1.82) is 0 Å². The van der Waals surface area contributed by atoms with Gasteiger partial charge in [0.15, 0.2) is 0 Å². The van der Waals surface area contributed by atoms with E-state index in [1.54, 1.807) is 0 Å². The highest BCUT2D eigenvalue weighted by Crippen LogP contribution is 2.25. The van der Waals surface area contributed by atoms with Crippen LogP contribution in [0.25, 0.3) is 0 Å². The van der Waals surface area contributed by atoms with Crippen LogP contribution in [0.5, 0.6) is 0 Å². The van der Waals surface area contributed by atoms with E-state index >= 15 is 0 Å². The summed E-state index contributed by atoms with van der Waals surface area (Å²) in [5.41, 5.74) is 0. The first-order valence-electron chi connectivity index (χ1n) is 1.60. The molecule has 0 aliphatic carbocycles. The third-order valence-corrected chi connectivity index (χ3v) is 0. The van der Waals surface area contributed by atoms with Gasteiger partial charge in [-0.1, -0.05) is 0 Å². The molecule has 0 aliphatic heterocycles. The van der Waals surface area contributed by atoms with E-state index in [1.165, 1.54) is 0 Å². The number of rotatable bonds is 0. The Bertz CT molecular complexity index is 66.2. The Morgan fingerprint density at radius 1 is 1.25 bits per heavy atom. The summed E-state index contributed by atoms with van der Waals surface area (Å²) in [6.45, 7) is 0. The molecule has 8 heteroatoms. The summed E-state index contributed by atoms with van der Waals surface area (Å²) >= 11 is 0. The fraction of sp³-hybridized carbons (Fsp3) is 0. The zero-order valence-corrected chi connectivity index (χ0v) is 9.50. The van der Waals surface area contributed by atoms with Crippen molar-refractivity contribution in [2.45, 2.75) is 0 Å². The van der Waals surface area contributed by atoms with Crippen LogP contribution in [-0.2, 0) is 8.68 Å². The predicted octanol–water partition coefficient (Wildman–Crippen LogP) is -3.36. The standard InChI is InChI=1S/H3O4P.H6OSi2/c1-5(2,3)4;2-1-3/h(H3,1,2,3,4);2-3H3. The van der Waals surface area contributed by atoms with Crippen molar-refractivity contribution >= 4 is 28.8 Å². The monoisotopic (exact) mass is 176 g/mol. The molecule has 0 unspecified atom stereocenters. The van der Waals surface area contributed by atoms with Crippen molar-refractivity contribution in [3.8, 4) is 0 Å². The molecule has 0 heterocycles. The highest BCUT2D eigenvalue weighted by atomic mass is 31.2. The lowest BCUT2D eigenvalue weighted by molar-refractivity contribution is 0.275. The predicted molar refractivity (Wildman–Crippen MR) is 35.2 cm³/mol. The van der Waals surface area contributed by atoms with Gasteiger partial charge in [0.25, 0.3) is 0 Å². The van der Waals surface area contributed by atoms with E-state index in [4.69, 9.17) is 19.2 Å². The lowest BCUT2D eigenvalue weighted by Gasteiger charge is -1.82. The zero-order valence-electron chi connectivity index (χ0n) is 4.61. The fourth-order valence-corrected chi connectivity index (χ4v) is 0.